The molecule has 0 aromatic heterocycles. The lowest BCUT2D eigenvalue weighted by molar-refractivity contribution is -0.130. The van der Waals surface area contributed by atoms with Crippen LogP contribution >= 0.6 is 0 Å². The van der Waals surface area contributed by atoms with E-state index in [-0.39, 0.29) is 17.6 Å². The van der Waals surface area contributed by atoms with Gasteiger partial charge in [-0.15, -0.1) is 0 Å². The Morgan fingerprint density at radius 2 is 1.82 bits per heavy atom. The second-order valence-electron chi connectivity index (χ2n) is 7.61. The molecule has 1 fully saturated rings. The van der Waals surface area contributed by atoms with Crippen LogP contribution in [0.4, 0.5) is 10.1 Å². The minimum absolute atomic E-state index is 0.0348. The van der Waals surface area contributed by atoms with Gasteiger partial charge in [0.1, 0.15) is 5.82 Å². The van der Waals surface area contributed by atoms with Crippen molar-refractivity contribution < 1.29 is 14.0 Å². The van der Waals surface area contributed by atoms with Crippen LogP contribution in [0.3, 0.4) is 0 Å². The molecule has 0 atom stereocenters. The van der Waals surface area contributed by atoms with Gasteiger partial charge in [-0.3, -0.25) is 9.59 Å². The van der Waals surface area contributed by atoms with Crippen LogP contribution in [-0.4, -0.2) is 37.4 Å². The number of hydrogen-bond acceptors (Lipinski definition) is 3. The summed E-state index contributed by atoms with van der Waals surface area (Å²) in [6.07, 6.45) is 2.52. The van der Waals surface area contributed by atoms with Crippen LogP contribution in [0, 0.1) is 5.82 Å². The third kappa shape index (κ3) is 4.57. The van der Waals surface area contributed by atoms with Gasteiger partial charge in [-0.25, -0.2) is 4.39 Å². The van der Waals surface area contributed by atoms with Gasteiger partial charge in [0.05, 0.1) is 12.0 Å². The highest BCUT2D eigenvalue weighted by Gasteiger charge is 2.45. The Morgan fingerprint density at radius 1 is 1.11 bits per heavy atom. The number of carbonyl (C=O) groups excluding carboxylic acids is 2. The summed E-state index contributed by atoms with van der Waals surface area (Å²) >= 11 is 0. The molecule has 1 aliphatic carbocycles. The minimum atomic E-state index is -0.564. The average molecular weight is 383 g/mol. The molecule has 1 aliphatic rings. The van der Waals surface area contributed by atoms with Crippen molar-refractivity contribution in [3.63, 3.8) is 0 Å². The highest BCUT2D eigenvalue weighted by atomic mass is 19.1. The molecule has 0 saturated heterocycles. The van der Waals surface area contributed by atoms with Crippen molar-refractivity contribution in [2.45, 2.75) is 31.2 Å². The molecule has 5 nitrogen and oxygen atoms in total. The number of likely N-dealkylation sites (N-methyl/N-ethyl adjacent to an activating group) is 1. The van der Waals surface area contributed by atoms with Crippen LogP contribution in [0.15, 0.2) is 48.5 Å². The summed E-state index contributed by atoms with van der Waals surface area (Å²) in [5.74, 6) is -0.421. The molecule has 1 saturated carbocycles. The van der Waals surface area contributed by atoms with Gasteiger partial charge < -0.3 is 15.5 Å². The number of rotatable bonds is 7. The van der Waals surface area contributed by atoms with Crippen molar-refractivity contribution in [1.82, 2.24) is 10.2 Å². The first kappa shape index (κ1) is 20.0. The van der Waals surface area contributed by atoms with Crippen molar-refractivity contribution in [2.24, 2.45) is 0 Å². The van der Waals surface area contributed by atoms with Gasteiger partial charge in [0.25, 0.3) is 0 Å². The first-order chi connectivity index (χ1) is 13.4. The molecule has 2 aromatic carbocycles. The zero-order chi connectivity index (χ0) is 20.1. The van der Waals surface area contributed by atoms with E-state index in [0.717, 1.165) is 30.4 Å². The quantitative estimate of drug-likeness (QED) is 0.773. The van der Waals surface area contributed by atoms with E-state index in [1.807, 2.05) is 38.4 Å². The van der Waals surface area contributed by atoms with E-state index in [0.29, 0.717) is 18.8 Å². The van der Waals surface area contributed by atoms with Crippen LogP contribution in [0.5, 0.6) is 0 Å². The number of nitrogens with one attached hydrogen (secondary N) is 2. The number of benzene rings is 2. The van der Waals surface area contributed by atoms with Crippen molar-refractivity contribution in [2.75, 3.05) is 26.0 Å². The lowest BCUT2D eigenvalue weighted by Crippen LogP contribution is -2.49. The molecule has 28 heavy (non-hydrogen) atoms. The zero-order valence-electron chi connectivity index (χ0n) is 16.3. The summed E-state index contributed by atoms with van der Waals surface area (Å²) < 4.78 is 13.2. The molecule has 0 radical (unpaired) electrons. The summed E-state index contributed by atoms with van der Waals surface area (Å²) in [5.41, 5.74) is 1.91. The number of amides is 2. The Balaban J connectivity index is 1.63. The van der Waals surface area contributed by atoms with Crippen LogP contribution in [0.2, 0.25) is 0 Å². The SMILES string of the molecule is CN(C)CC(=O)Nc1cccc(CNC(=O)C2(c3ccc(F)cc3)CCC2)c1. The van der Waals surface area contributed by atoms with Gasteiger partial charge in [-0.05, 0) is 62.3 Å². The molecule has 0 bridgehead atoms. The predicted molar refractivity (Wildman–Crippen MR) is 107 cm³/mol. The van der Waals surface area contributed by atoms with E-state index >= 15 is 0 Å². The second kappa shape index (κ2) is 8.52. The highest BCUT2D eigenvalue weighted by Crippen LogP contribution is 2.44. The molecule has 2 amide bonds. The Morgan fingerprint density at radius 3 is 2.43 bits per heavy atom. The Kier molecular flexibility index (Phi) is 6.09. The number of anilines is 1. The largest absolute Gasteiger partial charge is 0.351 e. The lowest BCUT2D eigenvalue weighted by atomic mass is 9.64. The molecule has 0 heterocycles. The van der Waals surface area contributed by atoms with Gasteiger partial charge in [0.2, 0.25) is 11.8 Å². The van der Waals surface area contributed by atoms with E-state index in [2.05, 4.69) is 10.6 Å². The molecular weight excluding hydrogens is 357 g/mol. The molecule has 3 rings (SSSR count). The van der Waals surface area contributed by atoms with Crippen LogP contribution in [-0.2, 0) is 21.5 Å². The molecule has 0 spiro atoms. The molecule has 0 unspecified atom stereocenters. The summed E-state index contributed by atoms with van der Waals surface area (Å²) in [4.78, 5) is 26.6. The van der Waals surface area contributed by atoms with Crippen molar-refractivity contribution in [3.05, 3.63) is 65.5 Å². The molecule has 0 aliphatic heterocycles. The number of carbonyl (C=O) groups is 2. The predicted octanol–water partition coefficient (Wildman–Crippen LogP) is 3.06. The van der Waals surface area contributed by atoms with Crippen LogP contribution < -0.4 is 10.6 Å². The van der Waals surface area contributed by atoms with Gasteiger partial charge in [-0.1, -0.05) is 30.7 Å². The average Bonchev–Trinajstić information content (AvgIpc) is 2.60. The van der Waals surface area contributed by atoms with Crippen LogP contribution in [0.25, 0.3) is 0 Å². The first-order valence-electron chi connectivity index (χ1n) is 9.47. The number of halogens is 1. The molecule has 2 aromatic rings. The van der Waals surface area contributed by atoms with E-state index in [1.54, 1.807) is 17.0 Å². The normalized spacial score (nSPS) is 15.0. The van der Waals surface area contributed by atoms with Gasteiger partial charge in [0.15, 0.2) is 0 Å². The summed E-state index contributed by atoms with van der Waals surface area (Å²) in [5, 5.41) is 5.87. The fourth-order valence-corrected chi connectivity index (χ4v) is 3.54. The Bertz CT molecular complexity index is 845. The topological polar surface area (TPSA) is 61.4 Å². The summed E-state index contributed by atoms with van der Waals surface area (Å²) in [6, 6.07) is 13.7. The van der Waals surface area contributed by atoms with Crippen LogP contribution in [0.1, 0.15) is 30.4 Å². The van der Waals surface area contributed by atoms with E-state index in [9.17, 15) is 14.0 Å². The maximum Gasteiger partial charge on any atom is 0.238 e. The van der Waals surface area contributed by atoms with Crippen molar-refractivity contribution in [3.8, 4) is 0 Å². The van der Waals surface area contributed by atoms with Crippen molar-refractivity contribution in [1.29, 1.82) is 0 Å². The van der Waals surface area contributed by atoms with E-state index < -0.39 is 5.41 Å². The maximum absolute atomic E-state index is 13.2. The Hall–Kier alpha value is -2.73. The van der Waals surface area contributed by atoms with Gasteiger partial charge in [-0.2, -0.15) is 0 Å². The number of nitrogens with zero attached hydrogens (tertiary/aromatic N) is 1. The second-order valence-corrected chi connectivity index (χ2v) is 7.61. The van der Waals surface area contributed by atoms with Crippen molar-refractivity contribution >= 4 is 17.5 Å². The minimum Gasteiger partial charge on any atom is -0.351 e. The third-order valence-electron chi connectivity index (χ3n) is 5.16. The van der Waals surface area contributed by atoms with Gasteiger partial charge >= 0.3 is 0 Å². The maximum atomic E-state index is 13.2. The monoisotopic (exact) mass is 383 g/mol. The zero-order valence-corrected chi connectivity index (χ0v) is 16.3. The molecule has 148 valence electrons. The standard InChI is InChI=1S/C22H26FN3O2/c1-26(2)15-20(27)25-19-6-3-5-16(13-19)14-24-21(28)22(11-4-12-22)17-7-9-18(23)10-8-17/h3,5-10,13H,4,11-12,14-15H2,1-2H3,(H,24,28)(H,25,27). The fraction of sp³-hybridized carbons (Fsp3) is 0.364. The Labute approximate surface area is 164 Å². The van der Waals surface area contributed by atoms with E-state index in [1.165, 1.54) is 12.1 Å². The number of hydrogen-bond donors (Lipinski definition) is 2. The smallest absolute Gasteiger partial charge is 0.238 e. The first-order valence-corrected chi connectivity index (χ1v) is 9.47. The van der Waals surface area contributed by atoms with E-state index in [4.69, 9.17) is 0 Å². The molecule has 6 heteroatoms. The highest BCUT2D eigenvalue weighted by molar-refractivity contribution is 5.92. The fourth-order valence-electron chi connectivity index (χ4n) is 3.54. The summed E-state index contributed by atoms with van der Waals surface area (Å²) in [6.45, 7) is 0.681. The molecule has 2 N–H and O–H groups in total. The molecular formula is C22H26FN3O2. The van der Waals surface area contributed by atoms with Gasteiger partial charge in [0, 0.05) is 12.2 Å². The lowest BCUT2D eigenvalue weighted by Gasteiger charge is -2.40. The third-order valence-corrected chi connectivity index (χ3v) is 5.16. The summed E-state index contributed by atoms with van der Waals surface area (Å²) in [7, 11) is 3.67.